The van der Waals surface area contributed by atoms with Gasteiger partial charge in [-0.1, -0.05) is 37.1 Å². The number of carbonyl (C=O) groups is 4. The highest BCUT2D eigenvalue weighted by molar-refractivity contribution is 7.91. The van der Waals surface area contributed by atoms with E-state index in [2.05, 4.69) is 25.3 Å². The number of alkyl carbamates (subject to hydrolysis) is 1. The summed E-state index contributed by atoms with van der Waals surface area (Å²) in [5.74, 6) is -2.07. The van der Waals surface area contributed by atoms with E-state index in [9.17, 15) is 27.6 Å². The predicted molar refractivity (Wildman–Crippen MR) is 213 cm³/mol. The van der Waals surface area contributed by atoms with Gasteiger partial charge in [0.25, 0.3) is 5.91 Å². The van der Waals surface area contributed by atoms with Crippen LogP contribution in [-0.4, -0.2) is 103 Å². The summed E-state index contributed by atoms with van der Waals surface area (Å²) >= 11 is 0. The molecule has 310 valence electrons. The Bertz CT molecular complexity index is 2420. The lowest BCUT2D eigenvalue weighted by Crippen LogP contribution is -2.58. The molecular weight excluding hydrogens is 779 g/mol. The smallest absolute Gasteiger partial charge is 0.408 e. The van der Waals surface area contributed by atoms with Crippen molar-refractivity contribution in [1.82, 2.24) is 44.8 Å². The SMILES string of the molecule is O=C(N[C@H]1CCCCCC=C[C@@H]2C[C@@]2(C(=O)NS(=O)(=O)C2CC2)NC(=O)[C@@H]2C[C@@H](Oc3cc(-c4cnccn4)nc4c5ccccc5nn34)CN2C1=O)OC1CCCC1. The number of hydrogen-bond acceptors (Lipinski definition) is 12. The van der Waals surface area contributed by atoms with Crippen molar-refractivity contribution in [3.05, 3.63) is 61.1 Å². The van der Waals surface area contributed by atoms with E-state index in [1.165, 1.54) is 4.90 Å². The van der Waals surface area contributed by atoms with Gasteiger partial charge in [-0.25, -0.2) is 18.2 Å². The second-order valence-electron chi connectivity index (χ2n) is 16.3. The molecule has 0 unspecified atom stereocenters. The first-order valence-corrected chi connectivity index (χ1v) is 22.2. The lowest BCUT2D eigenvalue weighted by molar-refractivity contribution is -0.141. The van der Waals surface area contributed by atoms with Crippen molar-refractivity contribution in [1.29, 1.82) is 0 Å². The van der Waals surface area contributed by atoms with Gasteiger partial charge in [0.15, 0.2) is 5.65 Å². The highest BCUT2D eigenvalue weighted by Crippen LogP contribution is 2.46. The summed E-state index contributed by atoms with van der Waals surface area (Å²) in [6, 6.07) is 7.06. The van der Waals surface area contributed by atoms with E-state index >= 15 is 0 Å². The van der Waals surface area contributed by atoms with E-state index in [0.29, 0.717) is 54.7 Å². The summed E-state index contributed by atoms with van der Waals surface area (Å²) in [4.78, 5) is 71.3. The van der Waals surface area contributed by atoms with Crippen LogP contribution in [0.4, 0.5) is 4.79 Å². The van der Waals surface area contributed by atoms with Crippen LogP contribution in [0, 0.1) is 5.92 Å². The van der Waals surface area contributed by atoms with Crippen molar-refractivity contribution < 1.29 is 37.1 Å². The predicted octanol–water partition coefficient (Wildman–Crippen LogP) is 3.73. The molecule has 4 fully saturated rings. The summed E-state index contributed by atoms with van der Waals surface area (Å²) in [6.07, 6.45) is 14.7. The van der Waals surface area contributed by atoms with Crippen molar-refractivity contribution in [3.8, 4) is 17.3 Å². The number of aromatic nitrogens is 5. The number of sulfonamides is 1. The molecular formula is C41H47N9O8S. The Morgan fingerprint density at radius 1 is 0.949 bits per heavy atom. The summed E-state index contributed by atoms with van der Waals surface area (Å²) < 4.78 is 42.1. The number of nitrogens with zero attached hydrogens (tertiary/aromatic N) is 6. The van der Waals surface area contributed by atoms with Crippen LogP contribution < -0.4 is 20.1 Å². The van der Waals surface area contributed by atoms with E-state index < -0.39 is 68.7 Å². The number of benzene rings is 1. The lowest BCUT2D eigenvalue weighted by Gasteiger charge is -2.30. The van der Waals surface area contributed by atoms with Crippen molar-refractivity contribution in [3.63, 3.8) is 0 Å². The van der Waals surface area contributed by atoms with Gasteiger partial charge in [-0.3, -0.25) is 29.1 Å². The number of rotatable bonds is 8. The molecule has 17 nitrogen and oxygen atoms in total. The number of nitrogens with one attached hydrogen (secondary N) is 3. The summed E-state index contributed by atoms with van der Waals surface area (Å²) in [5, 5.41) is 10.6. The average molecular weight is 826 g/mol. The molecule has 5 atom stereocenters. The molecule has 4 aromatic rings. The Morgan fingerprint density at radius 3 is 2.56 bits per heavy atom. The maximum atomic E-state index is 14.7. The highest BCUT2D eigenvalue weighted by atomic mass is 32.2. The van der Waals surface area contributed by atoms with E-state index in [1.807, 2.05) is 36.4 Å². The Hall–Kier alpha value is -5.65. The molecule has 3 aromatic heterocycles. The second-order valence-corrected chi connectivity index (χ2v) is 18.3. The molecule has 3 N–H and O–H groups in total. The fourth-order valence-electron chi connectivity index (χ4n) is 8.60. The van der Waals surface area contributed by atoms with Crippen LogP contribution in [0.2, 0.25) is 0 Å². The third-order valence-electron chi connectivity index (χ3n) is 12.1. The minimum atomic E-state index is -3.91. The molecule has 4 amide bonds. The van der Waals surface area contributed by atoms with E-state index in [1.54, 1.807) is 29.2 Å². The van der Waals surface area contributed by atoms with Gasteiger partial charge in [-0.05, 0) is 76.3 Å². The fourth-order valence-corrected chi connectivity index (χ4v) is 9.97. The Kier molecular flexibility index (Phi) is 10.4. The standard InChI is InChI=1S/C41H47N9O8S/c51-37-34-20-27(57-35-21-32(33-23-42-18-19-43-33)44-36-29-13-8-9-14-30(29)47-50(35)36)24-49(34)38(52)31(45-40(54)58-26-11-6-7-12-26)15-5-3-1-2-4-10-25-22-41(25,46-37)39(53)48-59(55,56)28-16-17-28/h4,8-10,13-14,18-19,21,23,25-28,31,34H,1-3,5-7,11-12,15-17,20,22,24H2,(H,45,54)(H,46,51)(H,48,53)/t25-,27-,31+,34+,41-/m1/s1. The quantitative estimate of drug-likeness (QED) is 0.217. The molecule has 9 rings (SSSR count). The molecule has 18 heteroatoms. The third-order valence-corrected chi connectivity index (χ3v) is 13.9. The topological polar surface area (TPSA) is 216 Å². The van der Waals surface area contributed by atoms with Crippen LogP contribution in [0.5, 0.6) is 5.88 Å². The fraction of sp³-hybridized carbons (Fsp3) is 0.512. The van der Waals surface area contributed by atoms with Crippen LogP contribution >= 0.6 is 0 Å². The molecule has 3 saturated carbocycles. The maximum absolute atomic E-state index is 14.7. The zero-order chi connectivity index (χ0) is 40.7. The van der Waals surface area contributed by atoms with E-state index in [4.69, 9.17) is 19.6 Å². The van der Waals surface area contributed by atoms with Gasteiger partial charge in [0.05, 0.1) is 29.2 Å². The second kappa shape index (κ2) is 15.8. The normalized spacial score (nSPS) is 26.7. The molecule has 0 radical (unpaired) electrons. The van der Waals surface area contributed by atoms with Crippen LogP contribution in [0.3, 0.4) is 0 Å². The summed E-state index contributed by atoms with van der Waals surface area (Å²) in [7, 11) is -3.91. The first-order valence-electron chi connectivity index (χ1n) is 20.6. The number of carbonyl (C=O) groups excluding carboxylic acids is 4. The van der Waals surface area contributed by atoms with Crippen molar-refractivity contribution in [2.75, 3.05) is 6.54 Å². The molecule has 0 spiro atoms. The number of hydrogen-bond donors (Lipinski definition) is 3. The van der Waals surface area contributed by atoms with Gasteiger partial charge in [-0.15, -0.1) is 0 Å². The first-order chi connectivity index (χ1) is 28.6. The molecule has 1 saturated heterocycles. The van der Waals surface area contributed by atoms with Gasteiger partial charge in [0, 0.05) is 36.2 Å². The van der Waals surface area contributed by atoms with Crippen LogP contribution in [0.25, 0.3) is 27.9 Å². The highest BCUT2D eigenvalue weighted by Gasteiger charge is 2.62. The molecule has 5 heterocycles. The van der Waals surface area contributed by atoms with Gasteiger partial charge in [0.1, 0.15) is 35.5 Å². The van der Waals surface area contributed by atoms with Crippen molar-refractivity contribution in [2.24, 2.45) is 5.92 Å². The Morgan fingerprint density at radius 2 is 1.76 bits per heavy atom. The van der Waals surface area contributed by atoms with Crippen molar-refractivity contribution >= 4 is 50.4 Å². The minimum absolute atomic E-state index is 0.0144. The van der Waals surface area contributed by atoms with Crippen LogP contribution in [-0.2, 0) is 29.1 Å². The lowest BCUT2D eigenvalue weighted by atomic mass is 10.0. The van der Waals surface area contributed by atoms with Gasteiger partial charge >= 0.3 is 6.09 Å². The Balaban J connectivity index is 1.05. The number of fused-ring (bicyclic) bond motifs is 5. The zero-order valence-corrected chi connectivity index (χ0v) is 33.3. The van der Waals surface area contributed by atoms with Crippen molar-refractivity contribution in [2.45, 2.75) is 119 Å². The Labute approximate surface area is 340 Å². The summed E-state index contributed by atoms with van der Waals surface area (Å²) in [6.45, 7) is -0.0452. The first kappa shape index (κ1) is 38.8. The molecule has 0 bridgehead atoms. The largest absolute Gasteiger partial charge is 0.472 e. The van der Waals surface area contributed by atoms with Crippen LogP contribution in [0.1, 0.15) is 83.5 Å². The van der Waals surface area contributed by atoms with Gasteiger partial charge in [-0.2, -0.15) is 9.61 Å². The number of ether oxygens (including phenoxy) is 2. The average Bonchev–Trinajstić information content (AvgIpc) is 4.04. The number of amides is 4. The summed E-state index contributed by atoms with van der Waals surface area (Å²) in [5.41, 5.74) is 0.628. The van der Waals surface area contributed by atoms with Gasteiger partial charge in [0.2, 0.25) is 27.7 Å². The molecule has 3 aliphatic carbocycles. The minimum Gasteiger partial charge on any atom is -0.472 e. The van der Waals surface area contributed by atoms with E-state index in [0.717, 1.165) is 43.9 Å². The van der Waals surface area contributed by atoms with Gasteiger partial charge < -0.3 is 25.0 Å². The zero-order valence-electron chi connectivity index (χ0n) is 32.5. The third kappa shape index (κ3) is 8.06. The molecule has 59 heavy (non-hydrogen) atoms. The molecule has 1 aromatic carbocycles. The monoisotopic (exact) mass is 825 g/mol. The molecule has 5 aliphatic rings. The van der Waals surface area contributed by atoms with Crippen LogP contribution in [0.15, 0.2) is 61.1 Å². The number of allylic oxidation sites excluding steroid dienone is 1. The van der Waals surface area contributed by atoms with E-state index in [-0.39, 0.29) is 31.4 Å². The molecule has 2 aliphatic heterocycles. The maximum Gasteiger partial charge on any atom is 0.408 e.